The first-order chi connectivity index (χ1) is 5.18. The Morgan fingerprint density at radius 3 is 2.64 bits per heavy atom. The Kier molecular flexibility index (Phi) is 3.34. The summed E-state index contributed by atoms with van der Waals surface area (Å²) < 4.78 is 0. The van der Waals surface area contributed by atoms with E-state index >= 15 is 0 Å². The largest absolute Gasteiger partial charge is 0.328 e. The third-order valence-electron chi connectivity index (χ3n) is 2.23. The lowest BCUT2D eigenvalue weighted by molar-refractivity contribution is 0.308. The van der Waals surface area contributed by atoms with Crippen molar-refractivity contribution < 1.29 is 0 Å². The van der Waals surface area contributed by atoms with E-state index in [1.54, 1.807) is 0 Å². The number of rotatable bonds is 5. The molecule has 1 rings (SSSR count). The highest BCUT2D eigenvalue weighted by Gasteiger charge is 2.22. The molecule has 1 aliphatic carbocycles. The molecule has 0 aromatic rings. The van der Waals surface area contributed by atoms with Crippen LogP contribution in [-0.4, -0.2) is 31.1 Å². The van der Waals surface area contributed by atoms with E-state index < -0.39 is 0 Å². The Morgan fingerprint density at radius 1 is 1.55 bits per heavy atom. The van der Waals surface area contributed by atoms with E-state index in [-0.39, 0.29) is 0 Å². The normalized spacial score (nSPS) is 20.7. The third kappa shape index (κ3) is 4.38. The minimum atomic E-state index is 0.358. The van der Waals surface area contributed by atoms with Crippen LogP contribution in [0.2, 0.25) is 0 Å². The van der Waals surface area contributed by atoms with Gasteiger partial charge in [0.05, 0.1) is 0 Å². The first-order valence-corrected chi connectivity index (χ1v) is 4.62. The van der Waals surface area contributed by atoms with Crippen molar-refractivity contribution in [2.24, 2.45) is 11.7 Å². The Hall–Kier alpha value is -0.0800. The summed E-state index contributed by atoms with van der Waals surface area (Å²) in [5.41, 5.74) is 5.66. The van der Waals surface area contributed by atoms with Crippen molar-refractivity contribution in [3.05, 3.63) is 0 Å². The first kappa shape index (κ1) is 9.01. The molecule has 11 heavy (non-hydrogen) atoms. The van der Waals surface area contributed by atoms with Crippen LogP contribution in [0.1, 0.15) is 26.2 Å². The molecule has 0 heterocycles. The molecule has 1 saturated carbocycles. The highest BCUT2D eigenvalue weighted by molar-refractivity contribution is 4.76. The summed E-state index contributed by atoms with van der Waals surface area (Å²) in [6, 6.07) is 0.358. The molecule has 1 aliphatic rings. The molecule has 0 saturated heterocycles. The van der Waals surface area contributed by atoms with E-state index in [0.717, 1.165) is 18.9 Å². The molecule has 0 spiro atoms. The second-order valence-corrected chi connectivity index (χ2v) is 3.97. The van der Waals surface area contributed by atoms with E-state index in [4.69, 9.17) is 5.73 Å². The summed E-state index contributed by atoms with van der Waals surface area (Å²) in [4.78, 5) is 2.40. The van der Waals surface area contributed by atoms with Gasteiger partial charge < -0.3 is 10.6 Å². The van der Waals surface area contributed by atoms with Crippen LogP contribution in [0.4, 0.5) is 0 Å². The maximum atomic E-state index is 5.66. The van der Waals surface area contributed by atoms with Gasteiger partial charge in [-0.15, -0.1) is 0 Å². The van der Waals surface area contributed by atoms with Crippen molar-refractivity contribution >= 4 is 0 Å². The van der Waals surface area contributed by atoms with Crippen LogP contribution in [0.3, 0.4) is 0 Å². The lowest BCUT2D eigenvalue weighted by atomic mass is 10.2. The van der Waals surface area contributed by atoms with Gasteiger partial charge in [0.2, 0.25) is 0 Å². The highest BCUT2D eigenvalue weighted by atomic mass is 15.1. The molecule has 0 bridgehead atoms. The van der Waals surface area contributed by atoms with Crippen LogP contribution < -0.4 is 5.73 Å². The van der Waals surface area contributed by atoms with Gasteiger partial charge in [-0.05, 0) is 45.7 Å². The molecular formula is C9H20N2. The predicted molar refractivity (Wildman–Crippen MR) is 48.5 cm³/mol. The van der Waals surface area contributed by atoms with Gasteiger partial charge in [-0.25, -0.2) is 0 Å². The molecule has 0 aromatic heterocycles. The third-order valence-corrected chi connectivity index (χ3v) is 2.23. The molecule has 1 atom stereocenters. The topological polar surface area (TPSA) is 29.3 Å². The summed E-state index contributed by atoms with van der Waals surface area (Å²) in [5, 5.41) is 0. The van der Waals surface area contributed by atoms with Gasteiger partial charge >= 0.3 is 0 Å². The summed E-state index contributed by atoms with van der Waals surface area (Å²) in [6.45, 7) is 4.52. The Bertz CT molecular complexity index is 108. The van der Waals surface area contributed by atoms with Gasteiger partial charge in [0, 0.05) is 12.6 Å². The molecule has 2 nitrogen and oxygen atoms in total. The average molecular weight is 156 g/mol. The fraction of sp³-hybridized carbons (Fsp3) is 1.00. The fourth-order valence-electron chi connectivity index (χ4n) is 1.26. The minimum Gasteiger partial charge on any atom is -0.328 e. The standard InChI is InChI=1S/C9H20N2/c1-8(10)5-6-11(2)7-9-3-4-9/h8-9H,3-7,10H2,1-2H3. The summed E-state index contributed by atoms with van der Waals surface area (Å²) in [5.74, 6) is 1.01. The van der Waals surface area contributed by atoms with E-state index in [9.17, 15) is 0 Å². The molecule has 1 unspecified atom stereocenters. The summed E-state index contributed by atoms with van der Waals surface area (Å²) in [7, 11) is 2.20. The van der Waals surface area contributed by atoms with E-state index in [2.05, 4.69) is 18.9 Å². The minimum absolute atomic E-state index is 0.358. The van der Waals surface area contributed by atoms with Crippen molar-refractivity contribution in [1.29, 1.82) is 0 Å². The van der Waals surface area contributed by atoms with Crippen molar-refractivity contribution in [3.63, 3.8) is 0 Å². The second-order valence-electron chi connectivity index (χ2n) is 3.97. The van der Waals surface area contributed by atoms with Crippen molar-refractivity contribution in [3.8, 4) is 0 Å². The SMILES string of the molecule is CC(N)CCN(C)CC1CC1. The summed E-state index contributed by atoms with van der Waals surface area (Å²) in [6.07, 6.45) is 4.02. The summed E-state index contributed by atoms with van der Waals surface area (Å²) >= 11 is 0. The molecule has 0 aliphatic heterocycles. The first-order valence-electron chi connectivity index (χ1n) is 4.62. The van der Waals surface area contributed by atoms with Crippen LogP contribution in [0.15, 0.2) is 0 Å². The number of hydrogen-bond acceptors (Lipinski definition) is 2. The second kappa shape index (κ2) is 4.07. The highest BCUT2D eigenvalue weighted by Crippen LogP contribution is 2.29. The monoisotopic (exact) mass is 156 g/mol. The molecule has 1 fully saturated rings. The van der Waals surface area contributed by atoms with Crippen LogP contribution >= 0.6 is 0 Å². The fourth-order valence-corrected chi connectivity index (χ4v) is 1.26. The van der Waals surface area contributed by atoms with Crippen molar-refractivity contribution in [2.45, 2.75) is 32.2 Å². The zero-order valence-corrected chi connectivity index (χ0v) is 7.71. The van der Waals surface area contributed by atoms with Crippen molar-refractivity contribution in [1.82, 2.24) is 4.90 Å². The molecule has 2 N–H and O–H groups in total. The molecular weight excluding hydrogens is 136 g/mol. The van der Waals surface area contributed by atoms with Gasteiger partial charge in [-0.3, -0.25) is 0 Å². The maximum absolute atomic E-state index is 5.66. The molecule has 66 valence electrons. The quantitative estimate of drug-likeness (QED) is 0.645. The lowest BCUT2D eigenvalue weighted by Gasteiger charge is -2.16. The number of nitrogens with two attached hydrogens (primary N) is 1. The van der Waals surface area contributed by atoms with Gasteiger partial charge in [0.1, 0.15) is 0 Å². The van der Waals surface area contributed by atoms with Gasteiger partial charge in [0.15, 0.2) is 0 Å². The smallest absolute Gasteiger partial charge is 0.00226 e. The molecule has 2 heteroatoms. The zero-order valence-electron chi connectivity index (χ0n) is 7.71. The van der Waals surface area contributed by atoms with Gasteiger partial charge in [0.25, 0.3) is 0 Å². The Morgan fingerprint density at radius 2 is 2.18 bits per heavy atom. The van der Waals surface area contributed by atoms with Crippen LogP contribution in [0.25, 0.3) is 0 Å². The zero-order chi connectivity index (χ0) is 8.27. The van der Waals surface area contributed by atoms with Crippen molar-refractivity contribution in [2.75, 3.05) is 20.1 Å². The van der Waals surface area contributed by atoms with E-state index in [1.165, 1.54) is 19.4 Å². The van der Waals surface area contributed by atoms with E-state index in [0.29, 0.717) is 6.04 Å². The van der Waals surface area contributed by atoms with E-state index in [1.807, 2.05) is 0 Å². The Balaban J connectivity index is 1.95. The van der Waals surface area contributed by atoms with Crippen LogP contribution in [0, 0.1) is 5.92 Å². The number of hydrogen-bond donors (Lipinski definition) is 1. The molecule has 0 radical (unpaired) electrons. The van der Waals surface area contributed by atoms with Gasteiger partial charge in [-0.1, -0.05) is 0 Å². The number of nitrogens with zero attached hydrogens (tertiary/aromatic N) is 1. The maximum Gasteiger partial charge on any atom is 0.00226 e. The lowest BCUT2D eigenvalue weighted by Crippen LogP contribution is -2.27. The average Bonchev–Trinajstić information content (AvgIpc) is 2.67. The predicted octanol–water partition coefficient (Wildman–Crippen LogP) is 1.07. The van der Waals surface area contributed by atoms with Crippen LogP contribution in [-0.2, 0) is 0 Å². The molecule has 0 amide bonds. The van der Waals surface area contributed by atoms with Crippen LogP contribution in [0.5, 0.6) is 0 Å². The Labute approximate surface area is 69.8 Å². The van der Waals surface area contributed by atoms with Gasteiger partial charge in [-0.2, -0.15) is 0 Å². The molecule has 0 aromatic carbocycles.